The molecule has 0 spiro atoms. The van der Waals surface area contributed by atoms with E-state index in [1.54, 1.807) is 0 Å². The van der Waals surface area contributed by atoms with Crippen LogP contribution in [0.5, 0.6) is 0 Å². The number of imidazole rings is 6. The molecular formula is C105H105N21. The molecule has 21 heteroatoms. The maximum absolute atomic E-state index is 4.57. The summed E-state index contributed by atoms with van der Waals surface area (Å²) in [5, 5.41) is 7.91. The molecule has 0 unspecified atom stereocenters. The van der Waals surface area contributed by atoms with Crippen LogP contribution in [0.15, 0.2) is 299 Å². The van der Waals surface area contributed by atoms with Gasteiger partial charge in [-0.15, -0.1) is 0 Å². The fourth-order valence-corrected chi connectivity index (χ4v) is 18.2. The lowest BCUT2D eigenvalue weighted by Gasteiger charge is -2.03. The standard InChI is InChI=1S/6C12H12N2.3C11H11N3/c1-9-12-10(8-13(9)2)7-11-5-3-4-6-14(11)12;1-9-11-7-10-5-3-4-6-14(10)12(11)8-13(9)2;1-9-8-14-11-6-4-3-5-10(11)7-12(14)13(9)2;1-9-7-10-8-11-5-3-4-6-14(11)12(10)13(9)2;1-9-7-14-8-10-5-3-4-6-11(10)12(14)13(9)2;1-8-13-11-7-9-5-3-4-6-10(9)12(11)14(8)2;1-8-12-9-7-14-6-4-3-5-10(14)11(9)13(8)2;1-8-12-11-9-5-3-4-6-14(9)7-10(11)13(8)2;1-8-12-10-7-9-5-3-4-6-14(9)11(10)13(8)2/h5*3-8H,1-2H3;3-6H,7H2,1-2H3;3*3-7H,1-2H3. The Kier molecular flexibility index (Phi) is 20.5. The van der Waals surface area contributed by atoms with E-state index in [9.17, 15) is 0 Å². The fraction of sp³-hybridized carbons (Fsp3) is 0.181. The van der Waals surface area contributed by atoms with Crippen LogP contribution in [-0.2, 0) is 69.8 Å². The van der Waals surface area contributed by atoms with Gasteiger partial charge in [0.15, 0.2) is 0 Å². The summed E-state index contributed by atoms with van der Waals surface area (Å²) < 4.78 is 37.0. The molecule has 23 heterocycles. The minimum absolute atomic E-state index is 0.993. The highest BCUT2D eigenvalue weighted by Crippen LogP contribution is 2.37. The maximum atomic E-state index is 4.57. The number of fused-ring (bicyclic) bond motifs is 27. The van der Waals surface area contributed by atoms with E-state index in [4.69, 9.17) is 0 Å². The summed E-state index contributed by atoms with van der Waals surface area (Å²) in [6.07, 6.45) is 28.5. The molecule has 0 amide bonds. The van der Waals surface area contributed by atoms with Crippen LogP contribution in [0.2, 0.25) is 0 Å². The van der Waals surface area contributed by atoms with Gasteiger partial charge in [0.05, 0.1) is 50.0 Å². The molecule has 1 aliphatic rings. The predicted octanol–water partition coefficient (Wildman–Crippen LogP) is 22.4. The molecule has 21 nitrogen and oxygen atoms in total. The van der Waals surface area contributed by atoms with E-state index in [1.165, 1.54) is 161 Å². The van der Waals surface area contributed by atoms with Gasteiger partial charge in [-0.05, 0) is 183 Å². The number of benzene rings is 3. The Morgan fingerprint density at radius 1 is 0.278 bits per heavy atom. The normalized spacial score (nSPS) is 11.7. The molecule has 26 aromatic rings. The second-order valence-corrected chi connectivity index (χ2v) is 33.4. The van der Waals surface area contributed by atoms with Crippen molar-refractivity contribution in [2.24, 2.45) is 63.4 Å². The number of aryl methyl sites for hydroxylation is 17. The van der Waals surface area contributed by atoms with Crippen LogP contribution in [-0.4, -0.2) is 96.2 Å². The number of aromatic nitrogens is 21. The minimum Gasteiger partial charge on any atom is -0.352 e. The van der Waals surface area contributed by atoms with Gasteiger partial charge in [-0.3, -0.25) is 0 Å². The van der Waals surface area contributed by atoms with Gasteiger partial charge in [-0.25, -0.2) is 19.9 Å². The summed E-state index contributed by atoms with van der Waals surface area (Å²) in [5.74, 6) is 4.26. The van der Waals surface area contributed by atoms with Gasteiger partial charge in [0.1, 0.15) is 62.4 Å². The van der Waals surface area contributed by atoms with E-state index >= 15 is 0 Å². The number of hydrogen-bond donors (Lipinski definition) is 0. The van der Waals surface area contributed by atoms with Gasteiger partial charge in [-0.1, -0.05) is 103 Å². The Hall–Kier alpha value is -15.4. The van der Waals surface area contributed by atoms with Crippen molar-refractivity contribution in [2.45, 2.75) is 68.7 Å². The number of hydrogen-bond acceptors (Lipinski definition) is 4. The molecule has 27 rings (SSSR count). The summed E-state index contributed by atoms with van der Waals surface area (Å²) in [4.78, 5) is 18.1. The second-order valence-electron chi connectivity index (χ2n) is 33.4. The van der Waals surface area contributed by atoms with E-state index < -0.39 is 0 Å². The lowest BCUT2D eigenvalue weighted by atomic mass is 10.1. The predicted molar refractivity (Wildman–Crippen MR) is 518 cm³/mol. The van der Waals surface area contributed by atoms with Gasteiger partial charge in [0, 0.05) is 239 Å². The molecule has 3 aromatic carbocycles. The van der Waals surface area contributed by atoms with Crippen molar-refractivity contribution < 1.29 is 0 Å². The molecular weight excluding hydrogens is 1560 g/mol. The molecule has 0 saturated heterocycles. The minimum atomic E-state index is 0.993. The van der Waals surface area contributed by atoms with Gasteiger partial charge in [-0.2, -0.15) is 0 Å². The molecule has 0 saturated carbocycles. The summed E-state index contributed by atoms with van der Waals surface area (Å²) in [5.41, 5.74) is 33.6. The molecule has 0 bridgehead atoms. The Morgan fingerprint density at radius 3 is 1.57 bits per heavy atom. The van der Waals surface area contributed by atoms with Gasteiger partial charge < -0.3 is 76.3 Å². The van der Waals surface area contributed by atoms with E-state index in [1.807, 2.05) is 77.6 Å². The van der Waals surface area contributed by atoms with E-state index in [0.717, 1.165) is 51.9 Å². The number of para-hydroxylation sites is 1. The number of pyridine rings is 6. The van der Waals surface area contributed by atoms with Crippen molar-refractivity contribution in [3.05, 3.63) is 362 Å². The Balaban J connectivity index is 0.0000000926. The SMILES string of the molecule is Cc1c2c(cc3ccccn32)cn1C.Cc1c2cc3ccccn3c2cn1C.Cc1cc2cc3ccccn3c2n1C.Cc1cn2c3ccccc3cc2n1C.Cc1cn2cc3ccccc3c2n1C.Cc1nc2c(cn3ccccc23)n1C.Cc1nc2c(n1C)-c1ccccc1C2.Cc1nc2cc3ccccn3c2n1C.Cc1nc2cn3ccccc3c2n1C. The summed E-state index contributed by atoms with van der Waals surface area (Å²) in [7, 11) is 18.7. The Bertz CT molecular complexity index is 7640. The monoisotopic (exact) mass is 1660 g/mol. The first-order valence-electron chi connectivity index (χ1n) is 42.8. The molecule has 126 heavy (non-hydrogen) atoms. The van der Waals surface area contributed by atoms with Crippen molar-refractivity contribution in [3.63, 3.8) is 0 Å². The second kappa shape index (κ2) is 32.1. The van der Waals surface area contributed by atoms with E-state index in [-0.39, 0.29) is 0 Å². The largest absolute Gasteiger partial charge is 0.352 e. The van der Waals surface area contributed by atoms with E-state index in [2.05, 4.69) is 443 Å². The van der Waals surface area contributed by atoms with Crippen LogP contribution in [0, 0.1) is 62.3 Å². The maximum Gasteiger partial charge on any atom is 0.144 e. The zero-order chi connectivity index (χ0) is 87.4. The lowest BCUT2D eigenvalue weighted by molar-refractivity contribution is 0.863. The topological polar surface area (TPSA) is 131 Å². The lowest BCUT2D eigenvalue weighted by Crippen LogP contribution is -1.94. The smallest absolute Gasteiger partial charge is 0.144 e. The van der Waals surface area contributed by atoms with Gasteiger partial charge in [0.2, 0.25) is 0 Å². The molecule has 0 fully saturated rings. The third-order valence-electron chi connectivity index (χ3n) is 25.8. The van der Waals surface area contributed by atoms with Crippen LogP contribution in [0.3, 0.4) is 0 Å². The first-order chi connectivity index (χ1) is 60.9. The zero-order valence-corrected chi connectivity index (χ0v) is 74.9. The molecule has 23 aromatic heterocycles. The summed E-state index contributed by atoms with van der Waals surface area (Å²) in [6.45, 7) is 18.8. The molecule has 630 valence electrons. The number of nitrogens with zero attached hydrogens (tertiary/aromatic N) is 21. The third-order valence-corrected chi connectivity index (χ3v) is 25.8. The average molecular weight is 1660 g/mol. The highest BCUT2D eigenvalue weighted by atomic mass is 15.2. The van der Waals surface area contributed by atoms with Crippen molar-refractivity contribution >= 4 is 132 Å². The van der Waals surface area contributed by atoms with Crippen molar-refractivity contribution in [1.82, 2.24) is 96.2 Å². The zero-order valence-electron chi connectivity index (χ0n) is 74.9. The quantitative estimate of drug-likeness (QED) is 0.150. The van der Waals surface area contributed by atoms with Gasteiger partial charge in [0.25, 0.3) is 0 Å². The van der Waals surface area contributed by atoms with Crippen LogP contribution in [0.1, 0.15) is 63.0 Å². The summed E-state index contributed by atoms with van der Waals surface area (Å²) in [6, 6.07) is 76.1. The molecule has 0 N–H and O–H groups in total. The van der Waals surface area contributed by atoms with Crippen LogP contribution >= 0.6 is 0 Å². The van der Waals surface area contributed by atoms with E-state index in [0.29, 0.717) is 0 Å². The first kappa shape index (κ1) is 80.4. The van der Waals surface area contributed by atoms with Gasteiger partial charge >= 0.3 is 0 Å². The van der Waals surface area contributed by atoms with Crippen LogP contribution in [0.4, 0.5) is 0 Å². The molecule has 1 aliphatic carbocycles. The number of rotatable bonds is 0. The highest BCUT2D eigenvalue weighted by molar-refractivity contribution is 5.97. The Labute approximate surface area is 729 Å². The van der Waals surface area contributed by atoms with Crippen LogP contribution < -0.4 is 0 Å². The molecule has 0 radical (unpaired) electrons. The fourth-order valence-electron chi connectivity index (χ4n) is 18.2. The highest BCUT2D eigenvalue weighted by Gasteiger charge is 2.24. The molecule has 0 aliphatic heterocycles. The average Bonchev–Trinajstić information content (AvgIpc) is 1.63. The van der Waals surface area contributed by atoms with Crippen LogP contribution in [0.25, 0.3) is 143 Å². The third kappa shape index (κ3) is 14.0. The van der Waals surface area contributed by atoms with Crippen molar-refractivity contribution in [2.75, 3.05) is 0 Å². The van der Waals surface area contributed by atoms with Crippen molar-refractivity contribution in [1.29, 1.82) is 0 Å². The first-order valence-corrected chi connectivity index (χ1v) is 42.8. The van der Waals surface area contributed by atoms with Crippen molar-refractivity contribution in [3.8, 4) is 11.3 Å². The summed E-state index contributed by atoms with van der Waals surface area (Å²) >= 11 is 0. The Morgan fingerprint density at radius 2 is 0.825 bits per heavy atom. The molecule has 0 atom stereocenters.